The van der Waals surface area contributed by atoms with E-state index in [0.29, 0.717) is 54.6 Å². The number of hydrogen-bond acceptors (Lipinski definition) is 8. The number of benzene rings is 2. The van der Waals surface area contributed by atoms with Gasteiger partial charge in [0.05, 0.1) is 44.9 Å². The van der Waals surface area contributed by atoms with E-state index in [4.69, 9.17) is 14.2 Å². The number of carbonyl (C=O) groups is 2. The number of likely N-dealkylation sites (tertiary alicyclic amines) is 1. The molecule has 4 bridgehead atoms. The summed E-state index contributed by atoms with van der Waals surface area (Å²) in [6, 6.07) is 11.9. The molecule has 2 aromatic heterocycles. The van der Waals surface area contributed by atoms with Gasteiger partial charge in [-0.3, -0.25) is 9.59 Å². The fourth-order valence-electron chi connectivity index (χ4n) is 4.76. The monoisotopic (exact) mass is 529 g/mol. The Labute approximate surface area is 224 Å². The Hall–Kier alpha value is -4.71. The van der Waals surface area contributed by atoms with E-state index in [0.717, 1.165) is 5.69 Å². The van der Waals surface area contributed by atoms with Gasteiger partial charge in [-0.05, 0) is 42.5 Å². The van der Waals surface area contributed by atoms with E-state index >= 15 is 0 Å². The van der Waals surface area contributed by atoms with Gasteiger partial charge in [-0.15, -0.1) is 5.10 Å². The third kappa shape index (κ3) is 5.18. The van der Waals surface area contributed by atoms with Gasteiger partial charge in [0.15, 0.2) is 11.5 Å². The summed E-state index contributed by atoms with van der Waals surface area (Å²) in [5.41, 5.74) is 2.52. The van der Waals surface area contributed by atoms with Gasteiger partial charge in [-0.2, -0.15) is 0 Å². The first-order valence-corrected chi connectivity index (χ1v) is 12.6. The molecule has 2 aliphatic heterocycles. The molecule has 1 saturated heterocycles. The van der Waals surface area contributed by atoms with Crippen LogP contribution in [0, 0.1) is 0 Å². The van der Waals surface area contributed by atoms with Crippen LogP contribution in [-0.2, 0) is 17.9 Å². The molecule has 1 fully saturated rings. The number of rotatable bonds is 3. The Bertz CT molecular complexity index is 1470. The van der Waals surface area contributed by atoms with Crippen molar-refractivity contribution in [1.82, 2.24) is 34.8 Å². The van der Waals surface area contributed by atoms with Crippen molar-refractivity contribution in [3.63, 3.8) is 0 Å². The number of nitrogens with one attached hydrogen (secondary N) is 1. The second kappa shape index (κ2) is 10.6. The summed E-state index contributed by atoms with van der Waals surface area (Å²) in [4.78, 5) is 32.4. The topological polar surface area (TPSA) is 126 Å². The van der Waals surface area contributed by atoms with Crippen molar-refractivity contribution in [2.75, 3.05) is 26.8 Å². The van der Waals surface area contributed by atoms with Crippen LogP contribution in [0.3, 0.4) is 0 Å². The molecule has 2 amide bonds. The SMILES string of the molecule is COc1ccc2cc1OCCn1cc(nn1)CO[C@H]1CN(C(=O)c3ccc(-n4ccnc4)cc3)C[C@@H]1NC2=O. The summed E-state index contributed by atoms with van der Waals surface area (Å²) >= 11 is 0. The minimum Gasteiger partial charge on any atom is -0.493 e. The van der Waals surface area contributed by atoms with E-state index in [1.807, 2.05) is 22.9 Å². The fourth-order valence-corrected chi connectivity index (χ4v) is 4.76. The summed E-state index contributed by atoms with van der Waals surface area (Å²) in [6.07, 6.45) is 6.60. The summed E-state index contributed by atoms with van der Waals surface area (Å²) in [5, 5.41) is 11.4. The minimum absolute atomic E-state index is 0.141. The molecular weight excluding hydrogens is 502 g/mol. The average molecular weight is 530 g/mol. The molecule has 0 saturated carbocycles. The molecule has 0 spiro atoms. The van der Waals surface area contributed by atoms with Crippen LogP contribution in [0.15, 0.2) is 67.4 Å². The number of amides is 2. The molecule has 0 unspecified atom stereocenters. The van der Waals surface area contributed by atoms with Crippen LogP contribution in [0.1, 0.15) is 26.4 Å². The van der Waals surface area contributed by atoms with E-state index in [2.05, 4.69) is 20.6 Å². The summed E-state index contributed by atoms with van der Waals surface area (Å²) < 4.78 is 21.0. The highest BCUT2D eigenvalue weighted by Crippen LogP contribution is 2.29. The molecule has 6 rings (SSSR count). The highest BCUT2D eigenvalue weighted by Gasteiger charge is 2.37. The largest absolute Gasteiger partial charge is 0.493 e. The Morgan fingerprint density at radius 1 is 1.15 bits per heavy atom. The second-order valence-electron chi connectivity index (χ2n) is 9.34. The van der Waals surface area contributed by atoms with E-state index in [1.165, 1.54) is 0 Å². The smallest absolute Gasteiger partial charge is 0.254 e. The van der Waals surface area contributed by atoms with Gasteiger partial charge < -0.3 is 29.0 Å². The molecule has 12 heteroatoms. The van der Waals surface area contributed by atoms with Gasteiger partial charge in [-0.25, -0.2) is 9.67 Å². The summed E-state index contributed by atoms with van der Waals surface area (Å²) in [6.45, 7) is 1.58. The first-order valence-electron chi connectivity index (χ1n) is 12.6. The molecule has 2 aromatic carbocycles. The van der Waals surface area contributed by atoms with E-state index < -0.39 is 12.1 Å². The van der Waals surface area contributed by atoms with Gasteiger partial charge in [0, 0.05) is 42.3 Å². The Morgan fingerprint density at radius 2 is 2.03 bits per heavy atom. The number of methoxy groups -OCH3 is 1. The standard InChI is InChI=1S/C27H27N7O5/c1-37-23-7-4-19-12-24(23)38-11-10-34-13-20(30-31-34)16-39-25-15-33(14-22(25)29-26(19)35)27(36)18-2-5-21(6-3-18)32-9-8-28-17-32/h2-9,12-13,17,22,25H,10-11,14-16H2,1H3,(H,29,35)/t22-,25-/m0/s1. The van der Waals surface area contributed by atoms with Crippen LogP contribution in [-0.4, -0.2) is 80.2 Å². The zero-order valence-corrected chi connectivity index (χ0v) is 21.3. The maximum atomic E-state index is 13.4. The molecule has 4 aromatic rings. The number of aromatic nitrogens is 5. The number of carbonyl (C=O) groups excluding carboxylic acids is 2. The van der Waals surface area contributed by atoms with Crippen molar-refractivity contribution >= 4 is 11.8 Å². The van der Waals surface area contributed by atoms with Crippen molar-refractivity contribution < 1.29 is 23.8 Å². The lowest BCUT2D eigenvalue weighted by Gasteiger charge is -2.20. The molecule has 0 aliphatic carbocycles. The highest BCUT2D eigenvalue weighted by atomic mass is 16.5. The van der Waals surface area contributed by atoms with Gasteiger partial charge in [0.25, 0.3) is 11.8 Å². The number of fused-ring (bicyclic) bond motifs is 5. The first-order chi connectivity index (χ1) is 19.1. The predicted molar refractivity (Wildman–Crippen MR) is 138 cm³/mol. The van der Waals surface area contributed by atoms with Crippen LogP contribution in [0.4, 0.5) is 0 Å². The zero-order valence-electron chi connectivity index (χ0n) is 21.3. The van der Waals surface area contributed by atoms with E-state index in [1.54, 1.807) is 65.7 Å². The van der Waals surface area contributed by atoms with E-state index in [9.17, 15) is 9.59 Å². The summed E-state index contributed by atoms with van der Waals surface area (Å²) in [5.74, 6) is 0.542. The molecule has 4 heterocycles. The summed E-state index contributed by atoms with van der Waals surface area (Å²) in [7, 11) is 1.55. The van der Waals surface area contributed by atoms with Crippen LogP contribution in [0.25, 0.3) is 5.69 Å². The molecule has 39 heavy (non-hydrogen) atoms. The Balaban J connectivity index is 1.24. The quantitative estimate of drug-likeness (QED) is 0.425. The number of nitrogens with zero attached hydrogens (tertiary/aromatic N) is 6. The second-order valence-corrected chi connectivity index (χ2v) is 9.34. The number of ether oxygens (including phenoxy) is 3. The van der Waals surface area contributed by atoms with Crippen LogP contribution in [0.2, 0.25) is 0 Å². The van der Waals surface area contributed by atoms with E-state index in [-0.39, 0.29) is 18.4 Å². The lowest BCUT2D eigenvalue weighted by molar-refractivity contribution is 0.0291. The first kappa shape index (κ1) is 24.6. The Kier molecular flexibility index (Phi) is 6.68. The average Bonchev–Trinajstić information content (AvgIpc) is 3.73. The third-order valence-electron chi connectivity index (χ3n) is 6.82. The van der Waals surface area contributed by atoms with Crippen molar-refractivity contribution in [3.05, 3.63) is 84.2 Å². The van der Waals surface area contributed by atoms with Gasteiger partial charge in [0.1, 0.15) is 12.3 Å². The normalized spacial score (nSPS) is 19.3. The van der Waals surface area contributed by atoms with Crippen LogP contribution >= 0.6 is 0 Å². The molecule has 2 aliphatic rings. The third-order valence-corrected chi connectivity index (χ3v) is 6.82. The molecular formula is C27H27N7O5. The Morgan fingerprint density at radius 3 is 2.82 bits per heavy atom. The molecule has 200 valence electrons. The van der Waals surface area contributed by atoms with Crippen molar-refractivity contribution in [2.24, 2.45) is 0 Å². The van der Waals surface area contributed by atoms with Crippen LogP contribution < -0.4 is 14.8 Å². The van der Waals surface area contributed by atoms with Gasteiger partial charge >= 0.3 is 0 Å². The van der Waals surface area contributed by atoms with Crippen LogP contribution in [0.5, 0.6) is 11.5 Å². The predicted octanol–water partition coefficient (Wildman–Crippen LogP) is 1.70. The van der Waals surface area contributed by atoms with Crippen molar-refractivity contribution in [3.8, 4) is 17.2 Å². The number of imidazole rings is 1. The molecule has 2 atom stereocenters. The van der Waals surface area contributed by atoms with Crippen molar-refractivity contribution in [2.45, 2.75) is 25.3 Å². The van der Waals surface area contributed by atoms with Gasteiger partial charge in [0.2, 0.25) is 0 Å². The lowest BCUT2D eigenvalue weighted by atomic mass is 10.1. The zero-order chi connectivity index (χ0) is 26.8. The van der Waals surface area contributed by atoms with Gasteiger partial charge in [-0.1, -0.05) is 5.21 Å². The molecule has 0 radical (unpaired) electrons. The molecule has 1 N–H and O–H groups in total. The van der Waals surface area contributed by atoms with Crippen molar-refractivity contribution in [1.29, 1.82) is 0 Å². The fraction of sp³-hybridized carbons (Fsp3) is 0.296. The lowest BCUT2D eigenvalue weighted by Crippen LogP contribution is -2.44. The maximum Gasteiger partial charge on any atom is 0.254 e. The minimum atomic E-state index is -0.438. The molecule has 12 nitrogen and oxygen atoms in total. The maximum absolute atomic E-state index is 13.4. The highest BCUT2D eigenvalue weighted by molar-refractivity contribution is 5.96. The number of hydrogen-bond donors (Lipinski definition) is 1.